The molecule has 0 aromatic heterocycles. The molecule has 8 heteroatoms. The van der Waals surface area contributed by atoms with E-state index in [9.17, 15) is 0 Å². The predicted molar refractivity (Wildman–Crippen MR) is 118 cm³/mol. The Labute approximate surface area is 173 Å². The Morgan fingerprint density at radius 2 is 1.88 bits per heavy atom. The predicted octanol–water partition coefficient (Wildman–Crippen LogP) is 2.08. The van der Waals surface area contributed by atoms with Gasteiger partial charge in [0.2, 0.25) is 0 Å². The third kappa shape index (κ3) is 7.55. The summed E-state index contributed by atoms with van der Waals surface area (Å²) >= 11 is 0. The van der Waals surface area contributed by atoms with Crippen molar-refractivity contribution in [2.24, 2.45) is 10.7 Å². The van der Waals surface area contributed by atoms with Gasteiger partial charge in [0.05, 0.1) is 19.9 Å². The Morgan fingerprint density at radius 3 is 2.54 bits per heavy atom. The highest BCUT2D eigenvalue weighted by Crippen LogP contribution is 2.28. The van der Waals surface area contributed by atoms with Crippen LogP contribution in [0.1, 0.15) is 12.8 Å². The SMILES string of the molecule is COc1ccc(OC)c(NC(N)=NCCCCN2CCN(C)CC2)c1.I. The van der Waals surface area contributed by atoms with Crippen LogP contribution in [0.3, 0.4) is 0 Å². The number of nitrogens with one attached hydrogen (secondary N) is 1. The van der Waals surface area contributed by atoms with Crippen molar-refractivity contribution in [3.63, 3.8) is 0 Å². The number of halogens is 1. The van der Waals surface area contributed by atoms with E-state index in [1.165, 1.54) is 13.1 Å². The zero-order valence-corrected chi connectivity index (χ0v) is 18.4. The van der Waals surface area contributed by atoms with Crippen LogP contribution in [0.4, 0.5) is 5.69 Å². The molecule has 1 fully saturated rings. The number of anilines is 1. The molecule has 148 valence electrons. The van der Waals surface area contributed by atoms with E-state index < -0.39 is 0 Å². The third-order valence-corrected chi connectivity index (χ3v) is 4.43. The molecule has 0 saturated carbocycles. The number of likely N-dealkylation sites (N-methyl/N-ethyl adjacent to an activating group) is 1. The molecule has 0 amide bonds. The molecule has 1 aliphatic heterocycles. The maximum Gasteiger partial charge on any atom is 0.193 e. The Hall–Kier alpha value is -1.26. The van der Waals surface area contributed by atoms with Gasteiger partial charge in [-0.3, -0.25) is 4.99 Å². The first kappa shape index (κ1) is 22.8. The number of methoxy groups -OCH3 is 2. The molecule has 1 heterocycles. The van der Waals surface area contributed by atoms with Gasteiger partial charge in [0.25, 0.3) is 0 Å². The number of rotatable bonds is 8. The number of guanidine groups is 1. The summed E-state index contributed by atoms with van der Waals surface area (Å²) in [5, 5.41) is 3.09. The molecular weight excluding hydrogens is 445 g/mol. The second-order valence-electron chi connectivity index (χ2n) is 6.31. The minimum absolute atomic E-state index is 0. The molecule has 0 bridgehead atoms. The van der Waals surface area contributed by atoms with Gasteiger partial charge >= 0.3 is 0 Å². The van der Waals surface area contributed by atoms with E-state index in [4.69, 9.17) is 15.2 Å². The van der Waals surface area contributed by atoms with E-state index in [1.807, 2.05) is 18.2 Å². The van der Waals surface area contributed by atoms with Gasteiger partial charge in [0.1, 0.15) is 11.5 Å². The van der Waals surface area contributed by atoms with Crippen LogP contribution < -0.4 is 20.5 Å². The topological polar surface area (TPSA) is 75.3 Å². The number of ether oxygens (including phenoxy) is 2. The van der Waals surface area contributed by atoms with E-state index >= 15 is 0 Å². The van der Waals surface area contributed by atoms with Crippen molar-refractivity contribution in [2.75, 3.05) is 65.9 Å². The fourth-order valence-electron chi connectivity index (χ4n) is 2.81. The second-order valence-corrected chi connectivity index (χ2v) is 6.31. The smallest absolute Gasteiger partial charge is 0.193 e. The van der Waals surface area contributed by atoms with Gasteiger partial charge in [0.15, 0.2) is 5.96 Å². The van der Waals surface area contributed by atoms with E-state index in [1.54, 1.807) is 14.2 Å². The maximum absolute atomic E-state index is 5.99. The number of hydrogen-bond acceptors (Lipinski definition) is 5. The lowest BCUT2D eigenvalue weighted by Crippen LogP contribution is -2.44. The van der Waals surface area contributed by atoms with Gasteiger partial charge in [0, 0.05) is 38.8 Å². The van der Waals surface area contributed by atoms with Gasteiger partial charge in [-0.05, 0) is 38.6 Å². The van der Waals surface area contributed by atoms with Crippen LogP contribution in [0, 0.1) is 0 Å². The van der Waals surface area contributed by atoms with Crippen LogP contribution in [0.15, 0.2) is 23.2 Å². The number of nitrogens with two attached hydrogens (primary N) is 1. The molecule has 1 saturated heterocycles. The van der Waals surface area contributed by atoms with E-state index in [0.717, 1.165) is 50.5 Å². The highest BCUT2D eigenvalue weighted by Gasteiger charge is 2.12. The monoisotopic (exact) mass is 477 g/mol. The molecule has 1 aromatic carbocycles. The quantitative estimate of drug-likeness (QED) is 0.259. The van der Waals surface area contributed by atoms with Crippen molar-refractivity contribution in [2.45, 2.75) is 12.8 Å². The standard InChI is InChI=1S/C18H31N5O2.HI/c1-22-10-12-23(13-11-22)9-5-4-8-20-18(19)21-16-14-15(24-2)6-7-17(16)25-3;/h6-7,14H,4-5,8-13H2,1-3H3,(H3,19,20,21);1H. The summed E-state index contributed by atoms with van der Waals surface area (Å²) in [5.74, 6) is 1.84. The lowest BCUT2D eigenvalue weighted by molar-refractivity contribution is 0.152. The summed E-state index contributed by atoms with van der Waals surface area (Å²) in [5.41, 5.74) is 6.74. The molecular formula is C18H32IN5O2. The summed E-state index contributed by atoms with van der Waals surface area (Å²) in [6.45, 7) is 6.52. The van der Waals surface area contributed by atoms with E-state index in [0.29, 0.717) is 11.7 Å². The molecule has 0 spiro atoms. The summed E-state index contributed by atoms with van der Waals surface area (Å²) < 4.78 is 10.6. The summed E-state index contributed by atoms with van der Waals surface area (Å²) in [6.07, 6.45) is 2.17. The minimum atomic E-state index is 0. The Kier molecular flexibility index (Phi) is 10.7. The molecule has 0 unspecified atom stereocenters. The average Bonchev–Trinajstić information content (AvgIpc) is 2.63. The molecule has 3 N–H and O–H groups in total. The second kappa shape index (κ2) is 12.2. The fraction of sp³-hybridized carbons (Fsp3) is 0.611. The molecule has 0 atom stereocenters. The average molecular weight is 477 g/mol. The molecule has 1 aromatic rings. The summed E-state index contributed by atoms with van der Waals surface area (Å²) in [4.78, 5) is 9.30. The lowest BCUT2D eigenvalue weighted by atomic mass is 10.2. The van der Waals surface area contributed by atoms with Gasteiger partial charge in [-0.2, -0.15) is 0 Å². The van der Waals surface area contributed by atoms with Crippen LogP contribution in [0.25, 0.3) is 0 Å². The lowest BCUT2D eigenvalue weighted by Gasteiger charge is -2.32. The largest absolute Gasteiger partial charge is 0.497 e. The number of aliphatic imine (C=N–C) groups is 1. The van der Waals surface area contributed by atoms with Crippen molar-refractivity contribution in [3.05, 3.63) is 18.2 Å². The number of benzene rings is 1. The third-order valence-electron chi connectivity index (χ3n) is 4.43. The van der Waals surface area contributed by atoms with Crippen LogP contribution in [-0.2, 0) is 0 Å². The highest BCUT2D eigenvalue weighted by atomic mass is 127. The molecule has 2 rings (SSSR count). The molecule has 0 radical (unpaired) electrons. The minimum Gasteiger partial charge on any atom is -0.497 e. The first-order valence-electron chi connectivity index (χ1n) is 8.82. The van der Waals surface area contributed by atoms with E-state index in [2.05, 4.69) is 27.2 Å². The molecule has 7 nitrogen and oxygen atoms in total. The van der Waals surface area contributed by atoms with Crippen LogP contribution >= 0.6 is 24.0 Å². The highest BCUT2D eigenvalue weighted by molar-refractivity contribution is 14.0. The molecule has 0 aliphatic carbocycles. The van der Waals surface area contributed by atoms with Gasteiger partial charge < -0.3 is 30.3 Å². The van der Waals surface area contributed by atoms with Crippen LogP contribution in [0.2, 0.25) is 0 Å². The molecule has 1 aliphatic rings. The van der Waals surface area contributed by atoms with Crippen molar-refractivity contribution < 1.29 is 9.47 Å². The zero-order valence-electron chi connectivity index (χ0n) is 16.0. The Bertz CT molecular complexity index is 563. The molecule has 26 heavy (non-hydrogen) atoms. The number of nitrogens with zero attached hydrogens (tertiary/aromatic N) is 3. The van der Waals surface area contributed by atoms with Crippen molar-refractivity contribution >= 4 is 35.6 Å². The van der Waals surface area contributed by atoms with Crippen molar-refractivity contribution in [1.82, 2.24) is 9.80 Å². The van der Waals surface area contributed by atoms with E-state index in [-0.39, 0.29) is 24.0 Å². The first-order valence-corrected chi connectivity index (χ1v) is 8.82. The normalized spacial score (nSPS) is 16.0. The Morgan fingerprint density at radius 1 is 1.15 bits per heavy atom. The van der Waals surface area contributed by atoms with Crippen LogP contribution in [0.5, 0.6) is 11.5 Å². The van der Waals surface area contributed by atoms with Gasteiger partial charge in [-0.25, -0.2) is 0 Å². The fourth-order valence-corrected chi connectivity index (χ4v) is 2.81. The summed E-state index contributed by atoms with van der Waals surface area (Å²) in [6, 6.07) is 5.52. The van der Waals surface area contributed by atoms with Crippen molar-refractivity contribution in [3.8, 4) is 11.5 Å². The summed E-state index contributed by atoms with van der Waals surface area (Å²) in [7, 11) is 5.43. The van der Waals surface area contributed by atoms with Gasteiger partial charge in [-0.1, -0.05) is 0 Å². The van der Waals surface area contributed by atoms with Gasteiger partial charge in [-0.15, -0.1) is 24.0 Å². The van der Waals surface area contributed by atoms with Crippen LogP contribution in [-0.4, -0.2) is 76.3 Å². The number of unbranched alkanes of at least 4 members (excludes halogenated alkanes) is 1. The maximum atomic E-state index is 5.99. The first-order chi connectivity index (χ1) is 12.1. The van der Waals surface area contributed by atoms with Crippen molar-refractivity contribution in [1.29, 1.82) is 0 Å². The number of hydrogen-bond donors (Lipinski definition) is 2. The zero-order chi connectivity index (χ0) is 18.1. The number of piperazine rings is 1. The Balaban J connectivity index is 0.00000338.